The van der Waals surface area contributed by atoms with E-state index in [1.165, 1.54) is 38.5 Å². The van der Waals surface area contributed by atoms with Gasteiger partial charge in [-0.15, -0.1) is 0 Å². The molecule has 110 valence electrons. The standard InChI is InChI=1S/C16H24N2O2/c1-12(2)14-13(17-11-20-14)15(19)18-9-8-16(10-18)6-4-3-5-7-16/h11-12H,3-10H2,1-2H3. The molecule has 0 N–H and O–H groups in total. The molecule has 1 saturated heterocycles. The molecular formula is C16H24N2O2. The Morgan fingerprint density at radius 1 is 1.30 bits per heavy atom. The van der Waals surface area contributed by atoms with E-state index in [0.717, 1.165) is 25.3 Å². The number of oxazole rings is 1. The normalized spacial score (nSPS) is 21.9. The van der Waals surface area contributed by atoms with Gasteiger partial charge < -0.3 is 9.32 Å². The zero-order chi connectivity index (χ0) is 14.2. The third-order valence-electron chi connectivity index (χ3n) is 4.96. The molecule has 1 saturated carbocycles. The summed E-state index contributed by atoms with van der Waals surface area (Å²) < 4.78 is 5.39. The molecular weight excluding hydrogens is 252 g/mol. The van der Waals surface area contributed by atoms with Gasteiger partial charge in [0.25, 0.3) is 5.91 Å². The monoisotopic (exact) mass is 276 g/mol. The number of carbonyl (C=O) groups is 1. The molecule has 2 heterocycles. The van der Waals surface area contributed by atoms with E-state index in [0.29, 0.717) is 11.1 Å². The number of likely N-dealkylation sites (tertiary alicyclic amines) is 1. The van der Waals surface area contributed by atoms with Crippen LogP contribution in [-0.2, 0) is 0 Å². The second-order valence-corrected chi connectivity index (χ2v) is 6.76. The topological polar surface area (TPSA) is 46.3 Å². The lowest BCUT2D eigenvalue weighted by molar-refractivity contribution is 0.0751. The summed E-state index contributed by atoms with van der Waals surface area (Å²) in [5, 5.41) is 0. The van der Waals surface area contributed by atoms with Crippen LogP contribution in [0, 0.1) is 5.41 Å². The smallest absolute Gasteiger partial charge is 0.276 e. The lowest BCUT2D eigenvalue weighted by Gasteiger charge is -2.33. The second-order valence-electron chi connectivity index (χ2n) is 6.76. The predicted molar refractivity (Wildman–Crippen MR) is 76.6 cm³/mol. The van der Waals surface area contributed by atoms with Crippen LogP contribution < -0.4 is 0 Å². The summed E-state index contributed by atoms with van der Waals surface area (Å²) in [6, 6.07) is 0. The van der Waals surface area contributed by atoms with Gasteiger partial charge in [-0.1, -0.05) is 33.1 Å². The molecule has 2 fully saturated rings. The van der Waals surface area contributed by atoms with Gasteiger partial charge in [-0.05, 0) is 24.7 Å². The van der Waals surface area contributed by atoms with Crippen molar-refractivity contribution >= 4 is 5.91 Å². The first-order valence-corrected chi connectivity index (χ1v) is 7.84. The summed E-state index contributed by atoms with van der Waals surface area (Å²) in [6.45, 7) is 5.85. The van der Waals surface area contributed by atoms with Gasteiger partial charge in [-0.2, -0.15) is 0 Å². The van der Waals surface area contributed by atoms with Crippen molar-refractivity contribution < 1.29 is 9.21 Å². The van der Waals surface area contributed by atoms with Gasteiger partial charge in [0.1, 0.15) is 5.76 Å². The van der Waals surface area contributed by atoms with Crippen LogP contribution in [-0.4, -0.2) is 28.9 Å². The molecule has 0 atom stereocenters. The lowest BCUT2D eigenvalue weighted by atomic mass is 9.73. The number of amides is 1. The summed E-state index contributed by atoms with van der Waals surface area (Å²) >= 11 is 0. The minimum Gasteiger partial charge on any atom is -0.447 e. The molecule has 1 aliphatic carbocycles. The Morgan fingerprint density at radius 3 is 2.75 bits per heavy atom. The maximum absolute atomic E-state index is 12.7. The molecule has 0 bridgehead atoms. The van der Waals surface area contributed by atoms with Gasteiger partial charge in [-0.25, -0.2) is 4.98 Å². The van der Waals surface area contributed by atoms with Crippen LogP contribution >= 0.6 is 0 Å². The fourth-order valence-electron chi connectivity index (χ4n) is 3.79. The number of rotatable bonds is 2. The van der Waals surface area contributed by atoms with Crippen LogP contribution in [0.5, 0.6) is 0 Å². The van der Waals surface area contributed by atoms with Crippen LogP contribution in [0.15, 0.2) is 10.8 Å². The number of nitrogens with zero attached hydrogens (tertiary/aromatic N) is 2. The first-order chi connectivity index (χ1) is 9.61. The number of carbonyl (C=O) groups excluding carboxylic acids is 1. The highest BCUT2D eigenvalue weighted by Gasteiger charge is 2.41. The minimum atomic E-state index is 0.0601. The third kappa shape index (κ3) is 2.36. The first kappa shape index (κ1) is 13.7. The van der Waals surface area contributed by atoms with Crippen molar-refractivity contribution in [3.63, 3.8) is 0 Å². The molecule has 4 nitrogen and oxygen atoms in total. The molecule has 4 heteroatoms. The molecule has 3 rings (SSSR count). The van der Waals surface area contributed by atoms with Gasteiger partial charge >= 0.3 is 0 Å². The largest absolute Gasteiger partial charge is 0.447 e. The van der Waals surface area contributed by atoms with E-state index in [-0.39, 0.29) is 11.8 Å². The highest BCUT2D eigenvalue weighted by molar-refractivity contribution is 5.93. The molecule has 2 aliphatic rings. The van der Waals surface area contributed by atoms with Crippen molar-refractivity contribution in [3.8, 4) is 0 Å². The van der Waals surface area contributed by atoms with Crippen LogP contribution in [0.1, 0.15) is 74.5 Å². The fourth-order valence-corrected chi connectivity index (χ4v) is 3.79. The average molecular weight is 276 g/mol. The number of hydrogen-bond donors (Lipinski definition) is 0. The van der Waals surface area contributed by atoms with E-state index in [1.54, 1.807) is 0 Å². The average Bonchev–Trinajstić information content (AvgIpc) is 3.06. The Kier molecular flexibility index (Phi) is 3.57. The summed E-state index contributed by atoms with van der Waals surface area (Å²) in [7, 11) is 0. The molecule has 1 aromatic rings. The SMILES string of the molecule is CC(C)c1ocnc1C(=O)N1CCC2(CCCCC2)C1. The fraction of sp³-hybridized carbons (Fsp3) is 0.750. The summed E-state index contributed by atoms with van der Waals surface area (Å²) in [6.07, 6.45) is 9.13. The van der Waals surface area contributed by atoms with E-state index in [9.17, 15) is 4.79 Å². The minimum absolute atomic E-state index is 0.0601. The zero-order valence-corrected chi connectivity index (χ0v) is 12.5. The van der Waals surface area contributed by atoms with Gasteiger partial charge in [0, 0.05) is 19.0 Å². The van der Waals surface area contributed by atoms with Gasteiger partial charge in [0.05, 0.1) is 0 Å². The van der Waals surface area contributed by atoms with Crippen LogP contribution in [0.25, 0.3) is 0 Å². The summed E-state index contributed by atoms with van der Waals surface area (Å²) in [4.78, 5) is 18.8. The lowest BCUT2D eigenvalue weighted by Crippen LogP contribution is -2.33. The van der Waals surface area contributed by atoms with Crippen molar-refractivity contribution in [2.75, 3.05) is 13.1 Å². The third-order valence-corrected chi connectivity index (χ3v) is 4.96. The Hall–Kier alpha value is -1.32. The van der Waals surface area contributed by atoms with E-state index in [1.807, 2.05) is 18.7 Å². The predicted octanol–water partition coefficient (Wildman–Crippen LogP) is 3.59. The van der Waals surface area contributed by atoms with Crippen molar-refractivity contribution in [2.45, 2.75) is 58.3 Å². The molecule has 1 aromatic heterocycles. The number of aromatic nitrogens is 1. The molecule has 0 radical (unpaired) electrons. The van der Waals surface area contributed by atoms with Crippen molar-refractivity contribution in [1.82, 2.24) is 9.88 Å². The maximum Gasteiger partial charge on any atom is 0.276 e. The maximum atomic E-state index is 12.7. The molecule has 20 heavy (non-hydrogen) atoms. The Labute approximate surface area is 120 Å². The number of hydrogen-bond acceptors (Lipinski definition) is 3. The van der Waals surface area contributed by atoms with E-state index >= 15 is 0 Å². The molecule has 1 spiro atoms. The van der Waals surface area contributed by atoms with E-state index in [4.69, 9.17) is 4.42 Å². The van der Waals surface area contributed by atoms with Gasteiger partial charge in [0.2, 0.25) is 0 Å². The van der Waals surface area contributed by atoms with Gasteiger partial charge in [-0.3, -0.25) is 4.79 Å². The van der Waals surface area contributed by atoms with E-state index < -0.39 is 0 Å². The Morgan fingerprint density at radius 2 is 2.05 bits per heavy atom. The van der Waals surface area contributed by atoms with Crippen LogP contribution in [0.2, 0.25) is 0 Å². The molecule has 1 amide bonds. The van der Waals surface area contributed by atoms with Crippen molar-refractivity contribution in [1.29, 1.82) is 0 Å². The van der Waals surface area contributed by atoms with E-state index in [2.05, 4.69) is 4.98 Å². The van der Waals surface area contributed by atoms with Crippen LogP contribution in [0.3, 0.4) is 0 Å². The quantitative estimate of drug-likeness (QED) is 0.829. The molecule has 0 unspecified atom stereocenters. The molecule has 1 aliphatic heterocycles. The summed E-state index contributed by atoms with van der Waals surface area (Å²) in [5.74, 6) is 0.979. The highest BCUT2D eigenvalue weighted by atomic mass is 16.3. The van der Waals surface area contributed by atoms with Crippen LogP contribution in [0.4, 0.5) is 0 Å². The van der Waals surface area contributed by atoms with Gasteiger partial charge in [0.15, 0.2) is 12.1 Å². The Bertz CT molecular complexity index is 486. The second kappa shape index (κ2) is 5.23. The summed E-state index contributed by atoms with van der Waals surface area (Å²) in [5.41, 5.74) is 0.920. The zero-order valence-electron chi connectivity index (χ0n) is 12.5. The van der Waals surface area contributed by atoms with Crippen molar-refractivity contribution in [3.05, 3.63) is 17.8 Å². The highest BCUT2D eigenvalue weighted by Crippen LogP contribution is 2.44. The molecule has 0 aromatic carbocycles. The Balaban J connectivity index is 1.74. The van der Waals surface area contributed by atoms with Crippen molar-refractivity contribution in [2.24, 2.45) is 5.41 Å². The first-order valence-electron chi connectivity index (χ1n) is 7.84.